The summed E-state index contributed by atoms with van der Waals surface area (Å²) < 4.78 is 10.5. The zero-order valence-electron chi connectivity index (χ0n) is 22.6. The summed E-state index contributed by atoms with van der Waals surface area (Å²) in [5.74, 6) is -0.674. The van der Waals surface area contributed by atoms with Crippen LogP contribution in [0.3, 0.4) is 0 Å². The first-order valence-corrected chi connectivity index (χ1v) is 13.7. The molecular weight excluding hydrogens is 528 g/mol. The summed E-state index contributed by atoms with van der Waals surface area (Å²) in [5.41, 5.74) is 1.64. The first kappa shape index (κ1) is 28.9. The fraction of sp³-hybridized carbons (Fsp3) is 0.281. The zero-order valence-corrected chi connectivity index (χ0v) is 23.4. The van der Waals surface area contributed by atoms with Gasteiger partial charge in [0, 0.05) is 16.8 Å². The van der Waals surface area contributed by atoms with Crippen LogP contribution >= 0.6 is 11.6 Å². The minimum atomic E-state index is -1.10. The SMILES string of the molecule is COc1ccc(/C=C/C(=O)C(=O)N(c2ccc(Cl)cc2)C(C(=O)NC2CCCCC2)c2ccc(OC)cc2)cc1. The topological polar surface area (TPSA) is 84.9 Å². The van der Waals surface area contributed by atoms with Gasteiger partial charge in [-0.15, -0.1) is 0 Å². The number of rotatable bonds is 10. The molecule has 0 radical (unpaired) electrons. The van der Waals surface area contributed by atoms with Gasteiger partial charge in [-0.3, -0.25) is 19.3 Å². The summed E-state index contributed by atoms with van der Waals surface area (Å²) >= 11 is 6.14. The molecule has 0 saturated heterocycles. The highest BCUT2D eigenvalue weighted by molar-refractivity contribution is 6.46. The summed E-state index contributed by atoms with van der Waals surface area (Å²) in [6.45, 7) is 0. The Labute approximate surface area is 239 Å². The predicted octanol–water partition coefficient (Wildman–Crippen LogP) is 6.16. The van der Waals surface area contributed by atoms with Crippen LogP contribution in [0.5, 0.6) is 11.5 Å². The van der Waals surface area contributed by atoms with E-state index < -0.39 is 17.7 Å². The molecule has 7 nitrogen and oxygen atoms in total. The monoisotopic (exact) mass is 560 g/mol. The van der Waals surface area contributed by atoms with Crippen molar-refractivity contribution in [1.29, 1.82) is 0 Å². The smallest absolute Gasteiger partial charge is 0.299 e. The molecule has 40 heavy (non-hydrogen) atoms. The molecule has 2 amide bonds. The maximum atomic E-state index is 13.9. The molecule has 208 valence electrons. The fourth-order valence-corrected chi connectivity index (χ4v) is 4.92. The number of ketones is 1. The number of methoxy groups -OCH3 is 2. The highest BCUT2D eigenvalue weighted by Gasteiger charge is 2.36. The Balaban J connectivity index is 1.71. The summed E-state index contributed by atoms with van der Waals surface area (Å²) in [6.07, 6.45) is 7.73. The molecule has 1 aliphatic carbocycles. The van der Waals surface area contributed by atoms with E-state index >= 15 is 0 Å². The molecule has 1 N–H and O–H groups in total. The van der Waals surface area contributed by atoms with Crippen LogP contribution < -0.4 is 19.7 Å². The van der Waals surface area contributed by atoms with Gasteiger partial charge in [-0.05, 0) is 78.6 Å². The van der Waals surface area contributed by atoms with Gasteiger partial charge in [0.25, 0.3) is 5.91 Å². The second-order valence-corrected chi connectivity index (χ2v) is 10.1. The molecule has 1 aliphatic rings. The van der Waals surface area contributed by atoms with E-state index in [2.05, 4.69) is 5.32 Å². The Morgan fingerprint density at radius 3 is 2.00 bits per heavy atom. The second kappa shape index (κ2) is 13.8. The van der Waals surface area contributed by atoms with Gasteiger partial charge >= 0.3 is 0 Å². The standard InChI is InChI=1S/C32H33ClN2O5/c1-39-27-17-8-22(9-18-27)10-21-29(36)32(38)35(26-15-13-24(33)14-16-26)30(23-11-19-28(40-2)20-12-23)31(37)34-25-6-4-3-5-7-25/h8-21,25,30H,3-7H2,1-2H3,(H,34,37)/b21-10+. The number of anilines is 1. The second-order valence-electron chi connectivity index (χ2n) is 9.64. The molecule has 3 aromatic carbocycles. The highest BCUT2D eigenvalue weighted by Crippen LogP contribution is 2.31. The third-order valence-corrected chi connectivity index (χ3v) is 7.22. The van der Waals surface area contributed by atoms with E-state index in [0.29, 0.717) is 27.8 Å². The van der Waals surface area contributed by atoms with Gasteiger partial charge in [0.1, 0.15) is 17.5 Å². The first-order valence-electron chi connectivity index (χ1n) is 13.3. The fourth-order valence-electron chi connectivity index (χ4n) is 4.79. The van der Waals surface area contributed by atoms with Crippen molar-refractivity contribution in [3.8, 4) is 11.5 Å². The molecule has 0 aromatic heterocycles. The Bertz CT molecular complexity index is 1330. The molecule has 1 fully saturated rings. The summed E-state index contributed by atoms with van der Waals surface area (Å²) in [6, 6.07) is 19.4. The van der Waals surface area contributed by atoms with E-state index in [1.54, 1.807) is 93.1 Å². The lowest BCUT2D eigenvalue weighted by Gasteiger charge is -2.33. The van der Waals surface area contributed by atoms with E-state index in [1.165, 1.54) is 11.0 Å². The number of nitrogens with zero attached hydrogens (tertiary/aromatic N) is 1. The minimum absolute atomic E-state index is 0.00911. The quantitative estimate of drug-likeness (QED) is 0.237. The molecule has 0 bridgehead atoms. The van der Waals surface area contributed by atoms with Gasteiger partial charge in [0.15, 0.2) is 0 Å². The van der Waals surface area contributed by atoms with Crippen molar-refractivity contribution in [3.63, 3.8) is 0 Å². The predicted molar refractivity (Wildman–Crippen MR) is 157 cm³/mol. The minimum Gasteiger partial charge on any atom is -0.497 e. The lowest BCUT2D eigenvalue weighted by Crippen LogP contribution is -2.48. The van der Waals surface area contributed by atoms with E-state index in [1.807, 2.05) is 0 Å². The van der Waals surface area contributed by atoms with Crippen LogP contribution in [0.1, 0.15) is 49.3 Å². The molecular formula is C32H33ClN2O5. The molecule has 4 rings (SSSR count). The lowest BCUT2D eigenvalue weighted by molar-refractivity contribution is -0.135. The molecule has 0 spiro atoms. The van der Waals surface area contributed by atoms with E-state index in [4.69, 9.17) is 21.1 Å². The van der Waals surface area contributed by atoms with Crippen molar-refractivity contribution in [2.45, 2.75) is 44.2 Å². The number of hydrogen-bond acceptors (Lipinski definition) is 5. The maximum Gasteiger partial charge on any atom is 0.299 e. The van der Waals surface area contributed by atoms with Crippen molar-refractivity contribution in [3.05, 3.63) is 95.0 Å². The normalized spacial score (nSPS) is 14.4. The third kappa shape index (κ3) is 7.30. The van der Waals surface area contributed by atoms with E-state index in [0.717, 1.165) is 37.7 Å². The van der Waals surface area contributed by atoms with Crippen LogP contribution in [0, 0.1) is 0 Å². The summed E-state index contributed by atoms with van der Waals surface area (Å²) in [4.78, 5) is 42.3. The van der Waals surface area contributed by atoms with Crippen molar-refractivity contribution in [2.75, 3.05) is 19.1 Å². The van der Waals surface area contributed by atoms with Crippen molar-refractivity contribution >= 4 is 41.0 Å². The van der Waals surface area contributed by atoms with Gasteiger partial charge in [-0.2, -0.15) is 0 Å². The molecule has 3 aromatic rings. The van der Waals surface area contributed by atoms with Crippen LogP contribution in [0.25, 0.3) is 6.08 Å². The molecule has 1 atom stereocenters. The van der Waals surface area contributed by atoms with Crippen LogP contribution in [0.15, 0.2) is 78.9 Å². The number of carbonyl (C=O) groups excluding carboxylic acids is 3. The number of nitrogens with one attached hydrogen (secondary N) is 1. The first-order chi connectivity index (χ1) is 19.4. The Morgan fingerprint density at radius 1 is 0.850 bits per heavy atom. The van der Waals surface area contributed by atoms with Crippen molar-refractivity contribution < 1.29 is 23.9 Å². The Hall–Kier alpha value is -4.10. The third-order valence-electron chi connectivity index (χ3n) is 6.97. The number of ether oxygens (including phenoxy) is 2. The summed E-state index contributed by atoms with van der Waals surface area (Å²) in [5, 5.41) is 3.61. The highest BCUT2D eigenvalue weighted by atomic mass is 35.5. The van der Waals surface area contributed by atoms with Gasteiger partial charge in [0.05, 0.1) is 14.2 Å². The Morgan fingerprint density at radius 2 is 1.43 bits per heavy atom. The Kier molecular flexibility index (Phi) is 9.97. The number of halogens is 1. The van der Waals surface area contributed by atoms with Gasteiger partial charge in [-0.25, -0.2) is 0 Å². The maximum absolute atomic E-state index is 13.9. The molecule has 1 unspecified atom stereocenters. The average Bonchev–Trinajstić information content (AvgIpc) is 2.99. The lowest BCUT2D eigenvalue weighted by atomic mass is 9.94. The number of carbonyl (C=O) groups is 3. The van der Waals surface area contributed by atoms with Crippen LogP contribution in [-0.2, 0) is 14.4 Å². The van der Waals surface area contributed by atoms with Gasteiger partial charge in [0.2, 0.25) is 11.7 Å². The van der Waals surface area contributed by atoms with Crippen LogP contribution in [-0.4, -0.2) is 37.9 Å². The largest absolute Gasteiger partial charge is 0.497 e. The van der Waals surface area contributed by atoms with Gasteiger partial charge in [-0.1, -0.05) is 61.2 Å². The zero-order chi connectivity index (χ0) is 28.5. The molecule has 8 heteroatoms. The van der Waals surface area contributed by atoms with E-state index in [-0.39, 0.29) is 11.9 Å². The van der Waals surface area contributed by atoms with Crippen LogP contribution in [0.4, 0.5) is 5.69 Å². The molecule has 0 heterocycles. The van der Waals surface area contributed by atoms with Crippen LogP contribution in [0.2, 0.25) is 5.02 Å². The number of benzene rings is 3. The average molecular weight is 561 g/mol. The number of hydrogen-bond donors (Lipinski definition) is 1. The van der Waals surface area contributed by atoms with E-state index in [9.17, 15) is 14.4 Å². The number of amides is 2. The molecule has 1 saturated carbocycles. The molecule has 0 aliphatic heterocycles. The van der Waals surface area contributed by atoms with Crippen molar-refractivity contribution in [1.82, 2.24) is 5.32 Å². The van der Waals surface area contributed by atoms with Crippen molar-refractivity contribution in [2.24, 2.45) is 0 Å². The summed E-state index contributed by atoms with van der Waals surface area (Å²) in [7, 11) is 3.13. The van der Waals surface area contributed by atoms with Gasteiger partial charge < -0.3 is 14.8 Å².